The summed E-state index contributed by atoms with van der Waals surface area (Å²) in [6, 6.07) is 16.2. The first kappa shape index (κ1) is 16.4. The molecule has 4 rings (SSSR count). The lowest BCUT2D eigenvalue weighted by Crippen LogP contribution is -2.44. The first-order chi connectivity index (χ1) is 12.7. The summed E-state index contributed by atoms with van der Waals surface area (Å²) in [5, 5.41) is 7.73. The second kappa shape index (κ2) is 7.07. The summed E-state index contributed by atoms with van der Waals surface area (Å²) < 4.78 is 3.97. The number of anilines is 1. The minimum absolute atomic E-state index is 0.0554. The highest BCUT2D eigenvalue weighted by atomic mass is 16.2. The number of hydrogen-bond donors (Lipinski definition) is 1. The molecule has 0 spiro atoms. The molecule has 0 fully saturated rings. The summed E-state index contributed by atoms with van der Waals surface area (Å²) in [5.41, 5.74) is 3.18. The topological polar surface area (TPSA) is 55.1 Å². The van der Waals surface area contributed by atoms with Crippen LogP contribution >= 0.6 is 0 Å². The number of amides is 2. The van der Waals surface area contributed by atoms with E-state index in [1.165, 1.54) is 5.56 Å². The van der Waals surface area contributed by atoms with Crippen molar-refractivity contribution < 1.29 is 4.79 Å². The van der Waals surface area contributed by atoms with E-state index < -0.39 is 0 Å². The van der Waals surface area contributed by atoms with Crippen molar-refractivity contribution in [3.8, 4) is 11.4 Å². The summed E-state index contributed by atoms with van der Waals surface area (Å²) >= 11 is 0. The Labute approximate surface area is 153 Å². The highest BCUT2D eigenvalue weighted by molar-refractivity contribution is 5.91. The lowest BCUT2D eigenvalue weighted by molar-refractivity contribution is 0.244. The van der Waals surface area contributed by atoms with E-state index in [2.05, 4.69) is 22.5 Å². The average molecular weight is 349 g/mol. The Bertz CT molecular complexity index is 896. The van der Waals surface area contributed by atoms with Crippen LogP contribution in [-0.2, 0) is 20.0 Å². The van der Waals surface area contributed by atoms with Crippen LogP contribution in [0.2, 0.25) is 0 Å². The Balaban J connectivity index is 1.46. The Morgan fingerprint density at radius 3 is 2.77 bits per heavy atom. The highest BCUT2D eigenvalue weighted by Gasteiger charge is 2.25. The van der Waals surface area contributed by atoms with Crippen molar-refractivity contribution >= 4 is 11.8 Å². The molecule has 134 valence electrons. The fourth-order valence-corrected chi connectivity index (χ4v) is 3.39. The van der Waals surface area contributed by atoms with E-state index in [0.29, 0.717) is 6.54 Å². The van der Waals surface area contributed by atoms with Crippen molar-refractivity contribution in [2.24, 2.45) is 7.05 Å². The van der Waals surface area contributed by atoms with Crippen LogP contribution in [-0.4, -0.2) is 33.5 Å². The lowest BCUT2D eigenvalue weighted by atomic mass is 10.1. The first-order valence-electron chi connectivity index (χ1n) is 9.01. The zero-order valence-electron chi connectivity index (χ0n) is 14.9. The van der Waals surface area contributed by atoms with Gasteiger partial charge in [0.2, 0.25) is 0 Å². The van der Waals surface area contributed by atoms with Crippen LogP contribution in [0.4, 0.5) is 10.6 Å². The van der Waals surface area contributed by atoms with Crippen molar-refractivity contribution in [3.05, 3.63) is 60.3 Å². The zero-order chi connectivity index (χ0) is 17.9. The Hall–Kier alpha value is -3.02. The van der Waals surface area contributed by atoms with Crippen molar-refractivity contribution in [3.63, 3.8) is 0 Å². The minimum atomic E-state index is -0.0554. The Morgan fingerprint density at radius 2 is 2.00 bits per heavy atom. The maximum Gasteiger partial charge on any atom is 0.323 e. The van der Waals surface area contributed by atoms with E-state index in [1.54, 1.807) is 4.90 Å². The Kier molecular flexibility index (Phi) is 4.48. The normalized spacial score (nSPS) is 13.5. The number of nitrogens with zero attached hydrogens (tertiary/aromatic N) is 4. The molecule has 0 saturated heterocycles. The molecule has 2 amide bonds. The Morgan fingerprint density at radius 1 is 1.15 bits per heavy atom. The number of aromatic nitrogens is 3. The number of benzene rings is 1. The molecule has 0 aliphatic carbocycles. The number of urea groups is 1. The van der Waals surface area contributed by atoms with Gasteiger partial charge in [-0.2, -0.15) is 5.10 Å². The van der Waals surface area contributed by atoms with Crippen molar-refractivity contribution in [2.75, 3.05) is 18.0 Å². The minimum Gasteiger partial charge on any atom is -0.349 e. The summed E-state index contributed by atoms with van der Waals surface area (Å²) in [4.78, 5) is 14.5. The third-order valence-corrected chi connectivity index (χ3v) is 4.77. The second-order valence-electron chi connectivity index (χ2n) is 6.59. The summed E-state index contributed by atoms with van der Waals surface area (Å²) in [6.45, 7) is 2.18. The fourth-order valence-electron chi connectivity index (χ4n) is 3.39. The van der Waals surface area contributed by atoms with Gasteiger partial charge in [-0.25, -0.2) is 9.48 Å². The molecule has 1 aromatic carbocycles. The van der Waals surface area contributed by atoms with E-state index in [0.717, 1.165) is 43.1 Å². The quantitative estimate of drug-likeness (QED) is 0.787. The summed E-state index contributed by atoms with van der Waals surface area (Å²) in [7, 11) is 2.00. The van der Waals surface area contributed by atoms with Gasteiger partial charge in [0.05, 0.1) is 5.69 Å². The molecule has 1 N–H and O–H groups in total. The van der Waals surface area contributed by atoms with E-state index >= 15 is 0 Å². The van der Waals surface area contributed by atoms with Gasteiger partial charge in [0.15, 0.2) is 0 Å². The molecule has 3 aromatic rings. The number of rotatable bonds is 4. The molecule has 6 heteroatoms. The SMILES string of the molecule is Cn1cccc1-c1cc2n(n1)CCCN2C(=O)NCCc1ccccc1. The zero-order valence-corrected chi connectivity index (χ0v) is 14.9. The van der Waals surface area contributed by atoms with E-state index in [-0.39, 0.29) is 6.03 Å². The second-order valence-corrected chi connectivity index (χ2v) is 6.59. The van der Waals surface area contributed by atoms with E-state index in [9.17, 15) is 4.79 Å². The van der Waals surface area contributed by atoms with Crippen LogP contribution in [0, 0.1) is 0 Å². The molecular weight excluding hydrogens is 326 g/mol. The summed E-state index contributed by atoms with van der Waals surface area (Å²) in [5.74, 6) is 0.865. The van der Waals surface area contributed by atoms with Crippen LogP contribution < -0.4 is 10.2 Å². The average Bonchev–Trinajstić information content (AvgIpc) is 3.27. The molecular formula is C20H23N5O. The number of carbonyl (C=O) groups is 1. The predicted octanol–water partition coefficient (Wildman–Crippen LogP) is 3.05. The molecule has 1 aliphatic heterocycles. The number of carbonyl (C=O) groups excluding carboxylic acids is 1. The largest absolute Gasteiger partial charge is 0.349 e. The molecule has 0 saturated carbocycles. The van der Waals surface area contributed by atoms with Gasteiger partial charge in [0.25, 0.3) is 0 Å². The molecule has 3 heterocycles. The van der Waals surface area contributed by atoms with Crippen LogP contribution in [0.3, 0.4) is 0 Å². The van der Waals surface area contributed by atoms with E-state index in [1.807, 2.05) is 58.9 Å². The standard InChI is InChI=1S/C20H23N5O/c1-23-12-5-9-18(23)17-15-19-24(13-6-14-25(19)22-17)20(26)21-11-10-16-7-3-2-4-8-16/h2-5,7-9,12,15H,6,10-11,13-14H2,1H3,(H,21,26). The van der Waals surface area contributed by atoms with Gasteiger partial charge in [-0.1, -0.05) is 30.3 Å². The van der Waals surface area contributed by atoms with Crippen LogP contribution in [0.5, 0.6) is 0 Å². The van der Waals surface area contributed by atoms with E-state index in [4.69, 9.17) is 0 Å². The van der Waals surface area contributed by atoms with Crippen LogP contribution in [0.25, 0.3) is 11.4 Å². The van der Waals surface area contributed by atoms with Gasteiger partial charge in [-0.05, 0) is 30.5 Å². The van der Waals surface area contributed by atoms with Gasteiger partial charge in [-0.15, -0.1) is 0 Å². The number of hydrogen-bond acceptors (Lipinski definition) is 2. The maximum atomic E-state index is 12.7. The molecule has 0 unspecified atom stereocenters. The fraction of sp³-hybridized carbons (Fsp3) is 0.300. The summed E-state index contributed by atoms with van der Waals surface area (Å²) in [6.07, 6.45) is 3.74. The maximum absolute atomic E-state index is 12.7. The molecule has 26 heavy (non-hydrogen) atoms. The van der Waals surface area contributed by atoms with Gasteiger partial charge < -0.3 is 9.88 Å². The smallest absolute Gasteiger partial charge is 0.323 e. The molecule has 0 bridgehead atoms. The first-order valence-corrected chi connectivity index (χ1v) is 9.01. The molecule has 6 nitrogen and oxygen atoms in total. The molecule has 1 aliphatic rings. The van der Waals surface area contributed by atoms with Gasteiger partial charge in [0.1, 0.15) is 11.5 Å². The highest BCUT2D eigenvalue weighted by Crippen LogP contribution is 2.27. The molecule has 0 atom stereocenters. The third-order valence-electron chi connectivity index (χ3n) is 4.77. The van der Waals surface area contributed by atoms with Crippen molar-refractivity contribution in [2.45, 2.75) is 19.4 Å². The monoisotopic (exact) mass is 349 g/mol. The number of aryl methyl sites for hydroxylation is 2. The van der Waals surface area contributed by atoms with Gasteiger partial charge in [0, 0.05) is 38.9 Å². The molecule has 2 aromatic heterocycles. The van der Waals surface area contributed by atoms with Gasteiger partial charge in [-0.3, -0.25) is 4.90 Å². The van der Waals surface area contributed by atoms with Crippen molar-refractivity contribution in [1.82, 2.24) is 19.7 Å². The molecule has 0 radical (unpaired) electrons. The lowest BCUT2D eigenvalue weighted by Gasteiger charge is -2.27. The van der Waals surface area contributed by atoms with Crippen LogP contribution in [0.1, 0.15) is 12.0 Å². The van der Waals surface area contributed by atoms with Crippen molar-refractivity contribution in [1.29, 1.82) is 0 Å². The van der Waals surface area contributed by atoms with Gasteiger partial charge >= 0.3 is 6.03 Å². The van der Waals surface area contributed by atoms with Crippen LogP contribution in [0.15, 0.2) is 54.7 Å². The third kappa shape index (κ3) is 3.22. The number of fused-ring (bicyclic) bond motifs is 1. The predicted molar refractivity (Wildman–Crippen MR) is 102 cm³/mol. The number of nitrogens with one attached hydrogen (secondary N) is 1.